The summed E-state index contributed by atoms with van der Waals surface area (Å²) in [5.41, 5.74) is 0.621. The number of ether oxygens (including phenoxy) is 1. The molecular formula is C19H15F4N5O. The highest BCUT2D eigenvalue weighted by Gasteiger charge is 2.32. The Kier molecular flexibility index (Phi) is 5.71. The highest BCUT2D eigenvalue weighted by molar-refractivity contribution is 5.65. The maximum atomic E-state index is 12.9. The number of allylic oxidation sites excluding steroid dienone is 4. The monoisotopic (exact) mass is 405 g/mol. The summed E-state index contributed by atoms with van der Waals surface area (Å²) in [5, 5.41) is 0. The molecule has 0 saturated heterocycles. The first-order valence-electron chi connectivity index (χ1n) is 8.27. The lowest BCUT2D eigenvalue weighted by molar-refractivity contribution is -0.0922. The van der Waals surface area contributed by atoms with Crippen LogP contribution in [0.5, 0.6) is 5.88 Å². The van der Waals surface area contributed by atoms with Crippen molar-refractivity contribution in [2.75, 3.05) is 0 Å². The molecule has 0 atom stereocenters. The Bertz CT molecular complexity index is 1080. The van der Waals surface area contributed by atoms with Crippen molar-refractivity contribution in [3.8, 4) is 5.88 Å². The number of rotatable bonds is 6. The van der Waals surface area contributed by atoms with E-state index in [0.29, 0.717) is 22.6 Å². The van der Waals surface area contributed by atoms with Gasteiger partial charge in [-0.15, -0.1) is 0 Å². The molecule has 3 aromatic heterocycles. The van der Waals surface area contributed by atoms with E-state index in [1.54, 1.807) is 23.7 Å². The summed E-state index contributed by atoms with van der Waals surface area (Å²) in [7, 11) is 0. The number of alkyl halides is 3. The molecule has 0 amide bonds. The molecule has 29 heavy (non-hydrogen) atoms. The molecule has 0 fully saturated rings. The normalized spacial score (nSPS) is 13.0. The van der Waals surface area contributed by atoms with E-state index in [9.17, 15) is 17.6 Å². The summed E-state index contributed by atoms with van der Waals surface area (Å²) in [6.45, 7) is 4.68. The van der Waals surface area contributed by atoms with Gasteiger partial charge in [-0.2, -0.15) is 13.2 Å². The zero-order chi connectivity index (χ0) is 21.0. The van der Waals surface area contributed by atoms with Crippen LogP contribution < -0.4 is 4.74 Å². The van der Waals surface area contributed by atoms with Gasteiger partial charge < -0.3 is 4.74 Å². The molecule has 0 aliphatic carbocycles. The van der Waals surface area contributed by atoms with Crippen LogP contribution in [0.4, 0.5) is 17.6 Å². The average Bonchev–Trinajstić information content (AvgIpc) is 3.09. The van der Waals surface area contributed by atoms with Crippen molar-refractivity contribution in [1.29, 1.82) is 0 Å². The smallest absolute Gasteiger partial charge is 0.433 e. The van der Waals surface area contributed by atoms with Crippen LogP contribution in [0.15, 0.2) is 59.8 Å². The fraction of sp³-hybridized carbons (Fsp3) is 0.158. The second-order valence-electron chi connectivity index (χ2n) is 5.94. The second-order valence-corrected chi connectivity index (χ2v) is 5.94. The number of aliphatic imine (C=N–C) groups is 1. The zero-order valence-corrected chi connectivity index (χ0v) is 15.2. The molecule has 3 rings (SSSR count). The molecule has 10 heteroatoms. The predicted octanol–water partition coefficient (Wildman–Crippen LogP) is 4.39. The van der Waals surface area contributed by atoms with E-state index in [0.717, 1.165) is 12.3 Å². The molecule has 0 aromatic carbocycles. The van der Waals surface area contributed by atoms with Crippen molar-refractivity contribution in [3.05, 3.63) is 71.8 Å². The van der Waals surface area contributed by atoms with Gasteiger partial charge in [0.2, 0.25) is 11.7 Å². The lowest BCUT2D eigenvalue weighted by atomic mass is 10.1. The average molecular weight is 405 g/mol. The maximum Gasteiger partial charge on any atom is 0.433 e. The van der Waals surface area contributed by atoms with Crippen molar-refractivity contribution < 1.29 is 22.3 Å². The molecule has 0 unspecified atom stereocenters. The third kappa shape index (κ3) is 5.03. The number of aromatic nitrogens is 4. The number of nitrogens with zero attached hydrogens (tertiary/aromatic N) is 5. The highest BCUT2D eigenvalue weighted by Crippen LogP contribution is 2.26. The third-order valence-electron chi connectivity index (χ3n) is 3.84. The Hall–Kier alpha value is -3.56. The quantitative estimate of drug-likeness (QED) is 0.347. The number of pyridine rings is 1. The lowest BCUT2D eigenvalue weighted by Crippen LogP contribution is -2.09. The van der Waals surface area contributed by atoms with E-state index >= 15 is 0 Å². The van der Waals surface area contributed by atoms with E-state index in [1.807, 2.05) is 0 Å². The minimum atomic E-state index is -4.57. The van der Waals surface area contributed by atoms with Gasteiger partial charge in [0.1, 0.15) is 18.1 Å². The van der Waals surface area contributed by atoms with Crippen LogP contribution >= 0.6 is 0 Å². The Morgan fingerprint density at radius 3 is 2.66 bits per heavy atom. The summed E-state index contributed by atoms with van der Waals surface area (Å²) < 4.78 is 58.0. The summed E-state index contributed by atoms with van der Waals surface area (Å²) in [4.78, 5) is 15.3. The standard InChI is InChI=1S/C19H15F4N5O/c1-12(3-5-16(24-2)19(21,22)23)13-7-26-18-27-15(10-28(18)9-13)11-29-17-6-4-14(20)8-25-17/h3-10H,2,11H2,1H3/b12-3+,16-5-. The van der Waals surface area contributed by atoms with Gasteiger partial charge in [0.15, 0.2) is 0 Å². The molecule has 0 N–H and O–H groups in total. The topological polar surface area (TPSA) is 64.7 Å². The van der Waals surface area contributed by atoms with Gasteiger partial charge in [-0.05, 0) is 31.4 Å². The van der Waals surface area contributed by atoms with Crippen LogP contribution in [0.25, 0.3) is 11.4 Å². The number of hydrogen-bond donors (Lipinski definition) is 0. The Morgan fingerprint density at radius 1 is 1.21 bits per heavy atom. The Morgan fingerprint density at radius 2 is 2.00 bits per heavy atom. The molecule has 3 aromatic rings. The summed E-state index contributed by atoms with van der Waals surface area (Å²) >= 11 is 0. The summed E-state index contributed by atoms with van der Waals surface area (Å²) in [6.07, 6.45) is 3.48. The first-order chi connectivity index (χ1) is 13.8. The molecule has 0 saturated carbocycles. The minimum Gasteiger partial charge on any atom is -0.471 e. The van der Waals surface area contributed by atoms with E-state index < -0.39 is 17.7 Å². The maximum absolute atomic E-state index is 12.9. The minimum absolute atomic E-state index is 0.0921. The van der Waals surface area contributed by atoms with Crippen molar-refractivity contribution in [2.24, 2.45) is 4.99 Å². The van der Waals surface area contributed by atoms with Gasteiger partial charge in [0, 0.05) is 30.2 Å². The van der Waals surface area contributed by atoms with Gasteiger partial charge in [0.05, 0.1) is 11.9 Å². The molecule has 0 radical (unpaired) electrons. The van der Waals surface area contributed by atoms with E-state index in [4.69, 9.17) is 4.74 Å². The Balaban J connectivity index is 1.77. The zero-order valence-electron chi connectivity index (χ0n) is 15.2. The molecule has 6 nitrogen and oxygen atoms in total. The van der Waals surface area contributed by atoms with Crippen LogP contribution in [-0.2, 0) is 6.61 Å². The van der Waals surface area contributed by atoms with Crippen molar-refractivity contribution in [2.45, 2.75) is 19.7 Å². The van der Waals surface area contributed by atoms with E-state index in [-0.39, 0.29) is 12.5 Å². The lowest BCUT2D eigenvalue weighted by Gasteiger charge is -2.05. The largest absolute Gasteiger partial charge is 0.471 e. The molecule has 150 valence electrons. The Labute approximate surface area is 162 Å². The van der Waals surface area contributed by atoms with Crippen molar-refractivity contribution >= 4 is 18.1 Å². The molecule has 0 aliphatic rings. The SMILES string of the molecule is C=N/C(=C\C=C(/C)c1cnc2nc(COc3ccc(F)cn3)cn2c1)C(F)(F)F. The molecular weight excluding hydrogens is 390 g/mol. The third-order valence-corrected chi connectivity index (χ3v) is 3.84. The van der Waals surface area contributed by atoms with Gasteiger partial charge in [-0.3, -0.25) is 9.39 Å². The summed E-state index contributed by atoms with van der Waals surface area (Å²) in [5.74, 6) is 0.178. The highest BCUT2D eigenvalue weighted by atomic mass is 19.4. The van der Waals surface area contributed by atoms with Crippen LogP contribution in [-0.4, -0.2) is 32.2 Å². The van der Waals surface area contributed by atoms with Gasteiger partial charge >= 0.3 is 6.18 Å². The molecule has 3 heterocycles. The summed E-state index contributed by atoms with van der Waals surface area (Å²) in [6, 6.07) is 2.63. The molecule has 0 aliphatic heterocycles. The first kappa shape index (κ1) is 20.2. The first-order valence-corrected chi connectivity index (χ1v) is 8.27. The number of imidazole rings is 1. The van der Waals surface area contributed by atoms with Crippen LogP contribution in [0.2, 0.25) is 0 Å². The van der Waals surface area contributed by atoms with E-state index in [1.165, 1.54) is 24.4 Å². The van der Waals surface area contributed by atoms with Gasteiger partial charge in [-0.25, -0.2) is 19.3 Å². The van der Waals surface area contributed by atoms with Crippen LogP contribution in [0.3, 0.4) is 0 Å². The number of hydrogen-bond acceptors (Lipinski definition) is 5. The van der Waals surface area contributed by atoms with Gasteiger partial charge in [-0.1, -0.05) is 6.08 Å². The van der Waals surface area contributed by atoms with E-state index in [2.05, 4.69) is 26.7 Å². The van der Waals surface area contributed by atoms with Crippen molar-refractivity contribution in [1.82, 2.24) is 19.4 Å². The number of fused-ring (bicyclic) bond motifs is 1. The molecule has 0 spiro atoms. The van der Waals surface area contributed by atoms with Crippen molar-refractivity contribution in [3.63, 3.8) is 0 Å². The second kappa shape index (κ2) is 8.21. The predicted molar refractivity (Wildman–Crippen MR) is 98.9 cm³/mol. The van der Waals surface area contributed by atoms with Crippen LogP contribution in [0, 0.1) is 5.82 Å². The fourth-order valence-electron chi connectivity index (χ4n) is 2.34. The fourth-order valence-corrected chi connectivity index (χ4v) is 2.34. The number of halogens is 4. The molecule has 0 bridgehead atoms. The van der Waals surface area contributed by atoms with Gasteiger partial charge in [0.25, 0.3) is 0 Å². The van der Waals surface area contributed by atoms with Crippen LogP contribution in [0.1, 0.15) is 18.2 Å².